The number of carbonyl (C=O) groups excluding carboxylic acids is 1. The first-order valence-corrected chi connectivity index (χ1v) is 3.10. The van der Waals surface area contributed by atoms with Crippen LogP contribution < -0.4 is 0 Å². The van der Waals surface area contributed by atoms with Crippen molar-refractivity contribution in [3.05, 3.63) is 12.3 Å². The van der Waals surface area contributed by atoms with Crippen molar-refractivity contribution in [2.45, 2.75) is 6.29 Å². The molecule has 1 unspecified atom stereocenters. The van der Waals surface area contributed by atoms with Gasteiger partial charge in [-0.3, -0.25) is 10.0 Å². The summed E-state index contributed by atoms with van der Waals surface area (Å²) in [6, 6.07) is 0. The smallest absolute Gasteiger partial charge is 0.222 e. The van der Waals surface area contributed by atoms with Gasteiger partial charge in [0.1, 0.15) is 0 Å². The maximum absolute atomic E-state index is 10.2. The number of hydrogen-bond acceptors (Lipinski definition) is 4. The van der Waals surface area contributed by atoms with Crippen molar-refractivity contribution in [3.8, 4) is 0 Å². The fourth-order valence-corrected chi connectivity index (χ4v) is 0.745. The third-order valence-electron chi connectivity index (χ3n) is 1.31. The molecular weight excluding hydrogens is 146 g/mol. The monoisotopic (exact) mass is 155 g/mol. The third kappa shape index (κ3) is 1.56. The molecule has 1 rings (SSSR count). The molecule has 5 heteroatoms. The lowest BCUT2D eigenvalue weighted by Crippen LogP contribution is -2.41. The highest BCUT2D eigenvalue weighted by Gasteiger charge is 2.16. The SMILES string of the molecule is CN(C=O)C1N=CC=CN1O. The van der Waals surface area contributed by atoms with Gasteiger partial charge in [-0.25, -0.2) is 10.1 Å². The van der Waals surface area contributed by atoms with E-state index in [-0.39, 0.29) is 0 Å². The van der Waals surface area contributed by atoms with Gasteiger partial charge in [0.15, 0.2) is 0 Å². The minimum absolute atomic E-state index is 0.602. The van der Waals surface area contributed by atoms with E-state index >= 15 is 0 Å². The largest absolute Gasteiger partial charge is 0.307 e. The van der Waals surface area contributed by atoms with Crippen molar-refractivity contribution in [3.63, 3.8) is 0 Å². The van der Waals surface area contributed by atoms with Crippen molar-refractivity contribution < 1.29 is 10.0 Å². The van der Waals surface area contributed by atoms with Crippen LogP contribution in [0, 0.1) is 0 Å². The molecule has 0 saturated carbocycles. The predicted octanol–water partition coefficient (Wildman–Crippen LogP) is -0.352. The number of amides is 1. The van der Waals surface area contributed by atoms with Crippen LogP contribution in [0.5, 0.6) is 0 Å². The number of carbonyl (C=O) groups is 1. The summed E-state index contributed by atoms with van der Waals surface area (Å²) >= 11 is 0. The summed E-state index contributed by atoms with van der Waals surface area (Å²) in [4.78, 5) is 15.3. The Balaban J connectivity index is 2.65. The van der Waals surface area contributed by atoms with Crippen LogP contribution in [0.25, 0.3) is 0 Å². The van der Waals surface area contributed by atoms with Gasteiger partial charge in [-0.1, -0.05) is 0 Å². The molecule has 0 spiro atoms. The molecule has 0 radical (unpaired) electrons. The Morgan fingerprint density at radius 2 is 2.55 bits per heavy atom. The van der Waals surface area contributed by atoms with Gasteiger partial charge in [0.2, 0.25) is 12.7 Å². The number of nitrogens with zero attached hydrogens (tertiary/aromatic N) is 3. The Labute approximate surface area is 64.2 Å². The van der Waals surface area contributed by atoms with E-state index in [2.05, 4.69) is 4.99 Å². The van der Waals surface area contributed by atoms with Crippen LogP contribution in [-0.2, 0) is 4.79 Å². The summed E-state index contributed by atoms with van der Waals surface area (Å²) in [6.45, 7) is 0. The van der Waals surface area contributed by atoms with Crippen LogP contribution in [0.1, 0.15) is 0 Å². The molecule has 1 aliphatic rings. The number of rotatable bonds is 2. The Morgan fingerprint density at radius 1 is 1.82 bits per heavy atom. The molecule has 0 aromatic rings. The fraction of sp³-hybridized carbons (Fsp3) is 0.333. The maximum Gasteiger partial charge on any atom is 0.222 e. The van der Waals surface area contributed by atoms with Crippen LogP contribution in [0.2, 0.25) is 0 Å². The third-order valence-corrected chi connectivity index (χ3v) is 1.31. The van der Waals surface area contributed by atoms with Crippen LogP contribution >= 0.6 is 0 Å². The number of hydrogen-bond donors (Lipinski definition) is 1. The van der Waals surface area contributed by atoms with E-state index in [1.807, 2.05) is 0 Å². The van der Waals surface area contributed by atoms with E-state index < -0.39 is 6.29 Å². The van der Waals surface area contributed by atoms with Crippen molar-refractivity contribution in [1.29, 1.82) is 0 Å². The lowest BCUT2D eigenvalue weighted by atomic mass is 10.5. The first-order valence-electron chi connectivity index (χ1n) is 3.10. The molecule has 0 aliphatic carbocycles. The summed E-state index contributed by atoms with van der Waals surface area (Å²) in [5.41, 5.74) is 0. The standard InChI is InChI=1S/C6H9N3O2/c1-8(5-10)6-7-3-2-4-9(6)11/h2-6,11H,1H3. The molecule has 0 aromatic heterocycles. The number of aliphatic imine (C=N–C) groups is 1. The molecule has 11 heavy (non-hydrogen) atoms. The van der Waals surface area contributed by atoms with E-state index in [0.29, 0.717) is 6.41 Å². The lowest BCUT2D eigenvalue weighted by Gasteiger charge is -2.27. The first kappa shape index (κ1) is 7.74. The summed E-state index contributed by atoms with van der Waals surface area (Å²) in [7, 11) is 1.54. The molecule has 0 saturated heterocycles. The first-order chi connectivity index (χ1) is 5.25. The van der Waals surface area contributed by atoms with Crippen LogP contribution in [0.15, 0.2) is 17.3 Å². The van der Waals surface area contributed by atoms with Gasteiger partial charge in [-0.05, 0) is 6.08 Å². The van der Waals surface area contributed by atoms with Gasteiger partial charge in [0, 0.05) is 19.5 Å². The molecule has 5 nitrogen and oxygen atoms in total. The lowest BCUT2D eigenvalue weighted by molar-refractivity contribution is -0.144. The van der Waals surface area contributed by atoms with Crippen molar-refractivity contribution in [2.24, 2.45) is 4.99 Å². The number of hydroxylamine groups is 2. The topological polar surface area (TPSA) is 56.1 Å². The molecule has 1 aliphatic heterocycles. The van der Waals surface area contributed by atoms with Gasteiger partial charge in [-0.2, -0.15) is 0 Å². The highest BCUT2D eigenvalue weighted by molar-refractivity contribution is 5.72. The van der Waals surface area contributed by atoms with Gasteiger partial charge < -0.3 is 4.90 Å². The fourth-order valence-electron chi connectivity index (χ4n) is 0.745. The van der Waals surface area contributed by atoms with E-state index in [4.69, 9.17) is 5.21 Å². The molecule has 0 bridgehead atoms. The number of allylic oxidation sites excluding steroid dienone is 1. The zero-order valence-corrected chi connectivity index (χ0v) is 6.08. The Morgan fingerprint density at radius 3 is 3.09 bits per heavy atom. The summed E-state index contributed by atoms with van der Waals surface area (Å²) in [6.07, 6.45) is 4.51. The second-order valence-corrected chi connectivity index (χ2v) is 2.14. The Bertz CT molecular complexity index is 198. The minimum atomic E-state index is -0.627. The zero-order valence-electron chi connectivity index (χ0n) is 6.08. The van der Waals surface area contributed by atoms with Crippen molar-refractivity contribution in [1.82, 2.24) is 9.96 Å². The molecule has 0 fully saturated rings. The predicted molar refractivity (Wildman–Crippen MR) is 38.9 cm³/mol. The molecule has 60 valence electrons. The average Bonchev–Trinajstić information content (AvgIpc) is 2.04. The molecule has 1 heterocycles. The minimum Gasteiger partial charge on any atom is -0.307 e. The summed E-state index contributed by atoms with van der Waals surface area (Å²) < 4.78 is 0. The zero-order chi connectivity index (χ0) is 8.27. The van der Waals surface area contributed by atoms with Gasteiger partial charge in [0.05, 0.1) is 0 Å². The second-order valence-electron chi connectivity index (χ2n) is 2.14. The van der Waals surface area contributed by atoms with E-state index in [1.165, 1.54) is 24.4 Å². The highest BCUT2D eigenvalue weighted by Crippen LogP contribution is 2.04. The normalized spacial score (nSPS) is 22.0. The molecule has 1 amide bonds. The molecule has 1 atom stereocenters. The molecule has 1 N–H and O–H groups in total. The summed E-state index contributed by atoms with van der Waals surface area (Å²) in [5, 5.41) is 9.96. The van der Waals surface area contributed by atoms with Crippen LogP contribution in [-0.4, -0.2) is 41.1 Å². The van der Waals surface area contributed by atoms with E-state index in [1.54, 1.807) is 6.08 Å². The van der Waals surface area contributed by atoms with Gasteiger partial charge in [0.25, 0.3) is 0 Å². The average molecular weight is 155 g/mol. The van der Waals surface area contributed by atoms with Crippen LogP contribution in [0.4, 0.5) is 0 Å². The highest BCUT2D eigenvalue weighted by atomic mass is 16.5. The van der Waals surface area contributed by atoms with Gasteiger partial charge >= 0.3 is 0 Å². The quantitative estimate of drug-likeness (QED) is 0.554. The van der Waals surface area contributed by atoms with E-state index in [0.717, 1.165) is 5.06 Å². The van der Waals surface area contributed by atoms with E-state index in [9.17, 15) is 4.79 Å². The molecule has 0 aromatic carbocycles. The van der Waals surface area contributed by atoms with Gasteiger partial charge in [-0.15, -0.1) is 0 Å². The Hall–Kier alpha value is -1.36. The van der Waals surface area contributed by atoms with Crippen molar-refractivity contribution in [2.75, 3.05) is 7.05 Å². The Kier molecular flexibility index (Phi) is 2.22. The van der Waals surface area contributed by atoms with Crippen molar-refractivity contribution >= 4 is 12.6 Å². The second kappa shape index (κ2) is 3.16. The van der Waals surface area contributed by atoms with Crippen LogP contribution in [0.3, 0.4) is 0 Å². The maximum atomic E-state index is 10.2. The molecular formula is C6H9N3O2. The summed E-state index contributed by atoms with van der Waals surface area (Å²) in [5.74, 6) is 0.